The van der Waals surface area contributed by atoms with Gasteiger partial charge < -0.3 is 19.9 Å². The number of amides is 2. The van der Waals surface area contributed by atoms with Crippen molar-refractivity contribution in [1.29, 1.82) is 0 Å². The molecule has 2 aromatic rings. The molecule has 120 valence electrons. The van der Waals surface area contributed by atoms with Crippen LogP contribution in [-0.4, -0.2) is 23.5 Å². The Hall–Kier alpha value is -3.09. The maximum atomic E-state index is 12.1. The Morgan fingerprint density at radius 3 is 2.61 bits per heavy atom. The summed E-state index contributed by atoms with van der Waals surface area (Å²) in [6.45, 7) is 1.28. The molecule has 0 aliphatic heterocycles. The topological polar surface area (TPSA) is 89.4 Å². The van der Waals surface area contributed by atoms with Crippen molar-refractivity contribution in [3.63, 3.8) is 0 Å². The monoisotopic (exact) mass is 315 g/mol. The highest BCUT2D eigenvalue weighted by molar-refractivity contribution is 5.94. The number of nitrogens with one attached hydrogen (secondary N) is 2. The highest BCUT2D eigenvalue weighted by Crippen LogP contribution is 2.27. The molecule has 0 saturated carbocycles. The summed E-state index contributed by atoms with van der Waals surface area (Å²) < 4.78 is 6.48. The first-order valence-corrected chi connectivity index (χ1v) is 6.90. The van der Waals surface area contributed by atoms with Crippen LogP contribution in [0.15, 0.2) is 47.4 Å². The average molecular weight is 315 g/mol. The zero-order chi connectivity index (χ0) is 16.8. The van der Waals surface area contributed by atoms with E-state index in [-0.39, 0.29) is 23.9 Å². The third-order valence-corrected chi connectivity index (χ3v) is 3.01. The molecule has 0 fully saturated rings. The number of pyridine rings is 1. The fraction of sp³-hybridized carbons (Fsp3) is 0.188. The van der Waals surface area contributed by atoms with Crippen LogP contribution in [-0.2, 0) is 16.1 Å². The van der Waals surface area contributed by atoms with Gasteiger partial charge in [0.05, 0.1) is 12.8 Å². The molecule has 0 bridgehead atoms. The third-order valence-electron chi connectivity index (χ3n) is 3.01. The number of carbonyl (C=O) groups is 2. The SMILES string of the molecule is COc1ccc(NC(C)=O)cc1NC(=O)Cn1ccccc1=O. The largest absolute Gasteiger partial charge is 0.495 e. The Kier molecular flexibility index (Phi) is 5.14. The molecule has 7 heteroatoms. The van der Waals surface area contributed by atoms with Gasteiger partial charge in [-0.2, -0.15) is 0 Å². The maximum Gasteiger partial charge on any atom is 0.250 e. The summed E-state index contributed by atoms with van der Waals surface area (Å²) in [4.78, 5) is 34.9. The second kappa shape index (κ2) is 7.26. The van der Waals surface area contributed by atoms with Crippen molar-refractivity contribution < 1.29 is 14.3 Å². The molecule has 2 amide bonds. The minimum Gasteiger partial charge on any atom is -0.495 e. The Morgan fingerprint density at radius 2 is 1.96 bits per heavy atom. The lowest BCUT2D eigenvalue weighted by molar-refractivity contribution is -0.117. The van der Waals surface area contributed by atoms with Crippen molar-refractivity contribution in [1.82, 2.24) is 4.57 Å². The molecule has 7 nitrogen and oxygen atoms in total. The van der Waals surface area contributed by atoms with Crippen molar-refractivity contribution in [3.8, 4) is 5.75 Å². The standard InChI is InChI=1S/C16H17N3O4/c1-11(20)17-12-6-7-14(23-2)13(9-12)18-15(21)10-19-8-4-3-5-16(19)22/h3-9H,10H2,1-2H3,(H,17,20)(H,18,21). The van der Waals surface area contributed by atoms with Crippen molar-refractivity contribution in [2.45, 2.75) is 13.5 Å². The number of hydrogen-bond acceptors (Lipinski definition) is 4. The fourth-order valence-electron chi connectivity index (χ4n) is 2.02. The van der Waals surface area contributed by atoms with Crippen molar-refractivity contribution in [3.05, 3.63) is 52.9 Å². The summed E-state index contributed by atoms with van der Waals surface area (Å²) in [5.74, 6) is -0.146. The molecule has 0 spiro atoms. The lowest BCUT2D eigenvalue weighted by Crippen LogP contribution is -2.26. The van der Waals surface area contributed by atoms with Gasteiger partial charge in [-0.25, -0.2) is 0 Å². The zero-order valence-corrected chi connectivity index (χ0v) is 12.8. The molecule has 1 heterocycles. The Bertz CT molecular complexity index is 783. The number of rotatable bonds is 5. The summed E-state index contributed by atoms with van der Waals surface area (Å²) in [5, 5.41) is 5.30. The molecule has 2 rings (SSSR count). The normalized spacial score (nSPS) is 10.0. The molecule has 1 aromatic heterocycles. The average Bonchev–Trinajstić information content (AvgIpc) is 2.49. The minimum absolute atomic E-state index is 0.118. The number of ether oxygens (including phenoxy) is 1. The van der Waals surface area contributed by atoms with Gasteiger partial charge >= 0.3 is 0 Å². The van der Waals surface area contributed by atoms with Gasteiger partial charge in [0, 0.05) is 24.9 Å². The molecule has 0 aliphatic carbocycles. The van der Waals surface area contributed by atoms with Crippen LogP contribution in [0.1, 0.15) is 6.92 Å². The van der Waals surface area contributed by atoms with E-state index < -0.39 is 0 Å². The molecule has 2 N–H and O–H groups in total. The first-order valence-electron chi connectivity index (χ1n) is 6.90. The van der Waals surface area contributed by atoms with Crippen LogP contribution >= 0.6 is 0 Å². The van der Waals surface area contributed by atoms with Gasteiger partial charge in [0.2, 0.25) is 11.8 Å². The molecule has 0 atom stereocenters. The summed E-state index contributed by atoms with van der Waals surface area (Å²) in [5.41, 5.74) is 0.680. The van der Waals surface area contributed by atoms with E-state index in [1.165, 1.54) is 30.9 Å². The van der Waals surface area contributed by atoms with E-state index in [0.717, 1.165) is 0 Å². The van der Waals surface area contributed by atoms with Gasteiger partial charge in [-0.15, -0.1) is 0 Å². The van der Waals surface area contributed by atoms with E-state index in [1.807, 2.05) is 0 Å². The lowest BCUT2D eigenvalue weighted by Gasteiger charge is -2.13. The number of hydrogen-bond donors (Lipinski definition) is 2. The minimum atomic E-state index is -0.378. The number of aromatic nitrogens is 1. The van der Waals surface area contributed by atoms with Crippen molar-refractivity contribution >= 4 is 23.2 Å². The first-order chi connectivity index (χ1) is 11.0. The molecule has 0 aliphatic rings. The Balaban J connectivity index is 2.17. The van der Waals surface area contributed by atoms with E-state index in [4.69, 9.17) is 4.74 Å². The summed E-state index contributed by atoms with van der Waals surface area (Å²) in [6.07, 6.45) is 1.53. The van der Waals surface area contributed by atoms with E-state index in [1.54, 1.807) is 30.3 Å². The van der Waals surface area contributed by atoms with Crippen LogP contribution in [0.5, 0.6) is 5.75 Å². The van der Waals surface area contributed by atoms with Crippen LogP contribution in [0, 0.1) is 0 Å². The quantitative estimate of drug-likeness (QED) is 0.874. The first kappa shape index (κ1) is 16.3. The van der Waals surface area contributed by atoms with Gasteiger partial charge in [0.15, 0.2) is 0 Å². The predicted molar refractivity (Wildman–Crippen MR) is 86.6 cm³/mol. The number of methoxy groups -OCH3 is 1. The van der Waals surface area contributed by atoms with E-state index in [0.29, 0.717) is 17.1 Å². The van der Waals surface area contributed by atoms with Gasteiger partial charge in [0.1, 0.15) is 12.3 Å². The van der Waals surface area contributed by atoms with E-state index >= 15 is 0 Å². The van der Waals surface area contributed by atoms with Crippen LogP contribution in [0.4, 0.5) is 11.4 Å². The highest BCUT2D eigenvalue weighted by atomic mass is 16.5. The summed E-state index contributed by atoms with van der Waals surface area (Å²) in [7, 11) is 1.48. The van der Waals surface area contributed by atoms with Crippen molar-refractivity contribution in [2.75, 3.05) is 17.7 Å². The van der Waals surface area contributed by atoms with Crippen LogP contribution in [0.3, 0.4) is 0 Å². The number of anilines is 2. The van der Waals surface area contributed by atoms with Gasteiger partial charge in [0.25, 0.3) is 5.56 Å². The third kappa shape index (κ3) is 4.44. The highest BCUT2D eigenvalue weighted by Gasteiger charge is 2.10. The van der Waals surface area contributed by atoms with Crippen LogP contribution < -0.4 is 20.9 Å². The Labute approximate surface area is 132 Å². The smallest absolute Gasteiger partial charge is 0.250 e. The number of carbonyl (C=O) groups excluding carboxylic acids is 2. The van der Waals surface area contributed by atoms with Gasteiger partial charge in [-0.1, -0.05) is 6.07 Å². The lowest BCUT2D eigenvalue weighted by atomic mass is 10.2. The summed E-state index contributed by atoms with van der Waals surface area (Å²) >= 11 is 0. The molecule has 0 saturated heterocycles. The maximum absolute atomic E-state index is 12.1. The molecule has 0 radical (unpaired) electrons. The van der Waals surface area contributed by atoms with Gasteiger partial charge in [-0.3, -0.25) is 14.4 Å². The Morgan fingerprint density at radius 1 is 1.17 bits per heavy atom. The van der Waals surface area contributed by atoms with Crippen molar-refractivity contribution in [2.24, 2.45) is 0 Å². The number of benzene rings is 1. The second-order valence-corrected chi connectivity index (χ2v) is 4.81. The second-order valence-electron chi connectivity index (χ2n) is 4.81. The molecule has 23 heavy (non-hydrogen) atoms. The zero-order valence-electron chi connectivity index (χ0n) is 12.8. The molecule has 0 unspecified atom stereocenters. The number of nitrogens with zero attached hydrogens (tertiary/aromatic N) is 1. The van der Waals surface area contributed by atoms with Gasteiger partial charge in [-0.05, 0) is 24.3 Å². The fourth-order valence-corrected chi connectivity index (χ4v) is 2.02. The predicted octanol–water partition coefficient (Wildman–Crippen LogP) is 1.45. The molecule has 1 aromatic carbocycles. The summed E-state index contributed by atoms with van der Waals surface area (Å²) in [6, 6.07) is 9.55. The van der Waals surface area contributed by atoms with E-state index in [9.17, 15) is 14.4 Å². The van der Waals surface area contributed by atoms with E-state index in [2.05, 4.69) is 10.6 Å². The molecular formula is C16H17N3O4. The molecular weight excluding hydrogens is 298 g/mol. The van der Waals surface area contributed by atoms with Crippen LogP contribution in [0.2, 0.25) is 0 Å². The van der Waals surface area contributed by atoms with Crippen LogP contribution in [0.25, 0.3) is 0 Å².